The smallest absolute Gasteiger partial charge is 0.255 e. The van der Waals surface area contributed by atoms with Gasteiger partial charge in [-0.25, -0.2) is 18.4 Å². The van der Waals surface area contributed by atoms with E-state index in [2.05, 4.69) is 31.8 Å². The molecule has 1 amide bonds. The summed E-state index contributed by atoms with van der Waals surface area (Å²) in [7, 11) is -3.06. The van der Waals surface area contributed by atoms with E-state index >= 15 is 0 Å². The van der Waals surface area contributed by atoms with Crippen molar-refractivity contribution in [1.82, 2.24) is 25.1 Å². The average molecular weight is 482 g/mol. The van der Waals surface area contributed by atoms with Gasteiger partial charge >= 0.3 is 0 Å². The third-order valence-electron chi connectivity index (χ3n) is 5.95. The number of fused-ring (bicyclic) bond motifs is 1. The Bertz CT molecular complexity index is 1370. The van der Waals surface area contributed by atoms with Gasteiger partial charge in [-0.05, 0) is 45.6 Å². The van der Waals surface area contributed by atoms with Crippen LogP contribution in [0.5, 0.6) is 0 Å². The average Bonchev–Trinajstić information content (AvgIpc) is 3.21. The van der Waals surface area contributed by atoms with Gasteiger partial charge in [0.25, 0.3) is 5.91 Å². The fourth-order valence-electron chi connectivity index (χ4n) is 4.22. The number of nitrogens with zero attached hydrogens (tertiary/aromatic N) is 5. The predicted octanol–water partition coefficient (Wildman–Crippen LogP) is 2.59. The van der Waals surface area contributed by atoms with Gasteiger partial charge in [0.15, 0.2) is 11.5 Å². The van der Waals surface area contributed by atoms with E-state index in [1.807, 2.05) is 13.8 Å². The molecule has 0 aromatic carbocycles. The summed E-state index contributed by atoms with van der Waals surface area (Å²) < 4.78 is 25.2. The van der Waals surface area contributed by atoms with Crippen molar-refractivity contribution in [2.24, 2.45) is 0 Å². The number of amides is 1. The number of hydrogen-bond acceptors (Lipinski definition) is 8. The molecule has 0 aliphatic heterocycles. The first-order chi connectivity index (χ1) is 16.2. The van der Waals surface area contributed by atoms with E-state index in [4.69, 9.17) is 5.26 Å². The van der Waals surface area contributed by atoms with Crippen LogP contribution in [0.25, 0.3) is 16.9 Å². The molecule has 3 heterocycles. The Kier molecular flexibility index (Phi) is 6.52. The molecule has 1 aliphatic carbocycles. The number of rotatable bonds is 6. The largest absolute Gasteiger partial charge is 0.382 e. The lowest BCUT2D eigenvalue weighted by Crippen LogP contribution is -2.40. The molecule has 1 fully saturated rings. The summed E-state index contributed by atoms with van der Waals surface area (Å²) in [6, 6.07) is 5.51. The number of carbonyl (C=O) groups excluding carboxylic acids is 1. The Balaban J connectivity index is 1.58. The Morgan fingerprint density at radius 3 is 2.53 bits per heavy atom. The summed E-state index contributed by atoms with van der Waals surface area (Å²) in [5, 5.41) is 20.2. The zero-order valence-corrected chi connectivity index (χ0v) is 20.1. The van der Waals surface area contributed by atoms with Crippen molar-refractivity contribution in [3.05, 3.63) is 41.9 Å². The summed E-state index contributed by atoms with van der Waals surface area (Å²) in [5.74, 6) is 0.229. The van der Waals surface area contributed by atoms with Gasteiger partial charge in [-0.3, -0.25) is 4.79 Å². The van der Waals surface area contributed by atoms with Gasteiger partial charge in [-0.1, -0.05) is 0 Å². The lowest BCUT2D eigenvalue weighted by molar-refractivity contribution is 0.0928. The lowest BCUT2D eigenvalue weighted by Gasteiger charge is -2.28. The Hall–Kier alpha value is -3.52. The number of nitriles is 1. The number of pyridine rings is 2. The van der Waals surface area contributed by atoms with Crippen molar-refractivity contribution >= 4 is 32.5 Å². The number of sulfone groups is 1. The van der Waals surface area contributed by atoms with Crippen LogP contribution < -0.4 is 10.6 Å². The van der Waals surface area contributed by atoms with Crippen LogP contribution in [0.1, 0.15) is 55.5 Å². The van der Waals surface area contributed by atoms with Crippen LogP contribution in [-0.2, 0) is 9.84 Å². The highest BCUT2D eigenvalue weighted by Crippen LogP contribution is 2.26. The molecule has 0 atom stereocenters. The van der Waals surface area contributed by atoms with Crippen LogP contribution in [0.3, 0.4) is 0 Å². The second kappa shape index (κ2) is 9.38. The number of carbonyl (C=O) groups is 1. The number of anilines is 1. The van der Waals surface area contributed by atoms with Crippen molar-refractivity contribution in [2.75, 3.05) is 11.6 Å². The SMILES string of the molecule is CC(C)Nc1cc(-n2ncc3cc(C#N)cnc32)ncc1C(=O)NC1CCC(S(C)(=O)=O)CC1. The molecule has 4 rings (SSSR count). The standard InChI is InChI=1S/C23H27N7O3S/c1-14(2)28-20-9-21(30-22-16(12-27-30)8-15(10-24)11-26-22)25-13-19(20)23(31)29-17-4-6-18(7-5-17)34(3,32)33/h8-9,11-14,17-18H,4-7H2,1-3H3,(H,25,28)(H,29,31). The molecule has 34 heavy (non-hydrogen) atoms. The van der Waals surface area contributed by atoms with Gasteiger partial charge in [-0.2, -0.15) is 15.0 Å². The minimum atomic E-state index is -3.06. The first-order valence-corrected chi connectivity index (χ1v) is 13.1. The third-order valence-corrected chi connectivity index (χ3v) is 7.63. The monoisotopic (exact) mass is 481 g/mol. The fourth-order valence-corrected chi connectivity index (χ4v) is 5.35. The van der Waals surface area contributed by atoms with E-state index in [1.165, 1.54) is 18.6 Å². The van der Waals surface area contributed by atoms with E-state index < -0.39 is 9.84 Å². The van der Waals surface area contributed by atoms with Gasteiger partial charge < -0.3 is 10.6 Å². The van der Waals surface area contributed by atoms with Crippen LogP contribution in [0.2, 0.25) is 0 Å². The molecular weight excluding hydrogens is 454 g/mol. The van der Waals surface area contributed by atoms with Crippen molar-refractivity contribution in [2.45, 2.75) is 56.9 Å². The van der Waals surface area contributed by atoms with Crippen molar-refractivity contribution in [3.8, 4) is 11.9 Å². The lowest BCUT2D eigenvalue weighted by atomic mass is 9.94. The minimum Gasteiger partial charge on any atom is -0.382 e. The highest BCUT2D eigenvalue weighted by molar-refractivity contribution is 7.91. The molecular formula is C23H27N7O3S. The normalized spacial score (nSPS) is 18.6. The maximum Gasteiger partial charge on any atom is 0.255 e. The third kappa shape index (κ3) is 5.02. The molecule has 178 valence electrons. The number of aromatic nitrogens is 4. The van der Waals surface area contributed by atoms with E-state index in [0.29, 0.717) is 59.3 Å². The molecule has 10 nitrogen and oxygen atoms in total. The van der Waals surface area contributed by atoms with Gasteiger partial charge in [-0.15, -0.1) is 0 Å². The number of hydrogen-bond donors (Lipinski definition) is 2. The summed E-state index contributed by atoms with van der Waals surface area (Å²) in [5.41, 5.74) is 2.01. The maximum atomic E-state index is 13.1. The Labute approximate surface area is 198 Å². The molecule has 0 radical (unpaired) electrons. The zero-order chi connectivity index (χ0) is 24.5. The summed E-state index contributed by atoms with van der Waals surface area (Å²) >= 11 is 0. The van der Waals surface area contributed by atoms with Crippen molar-refractivity contribution in [1.29, 1.82) is 5.26 Å². The molecule has 0 saturated heterocycles. The Morgan fingerprint density at radius 2 is 1.88 bits per heavy atom. The molecule has 11 heteroatoms. The molecule has 3 aromatic heterocycles. The van der Waals surface area contributed by atoms with E-state index in [0.717, 1.165) is 0 Å². The highest BCUT2D eigenvalue weighted by atomic mass is 32.2. The second-order valence-corrected chi connectivity index (χ2v) is 11.3. The van der Waals surface area contributed by atoms with E-state index in [9.17, 15) is 13.2 Å². The molecule has 1 saturated carbocycles. The fraction of sp³-hybridized carbons (Fsp3) is 0.435. The zero-order valence-electron chi connectivity index (χ0n) is 19.3. The quantitative estimate of drug-likeness (QED) is 0.547. The predicted molar refractivity (Wildman–Crippen MR) is 128 cm³/mol. The molecule has 3 aromatic rings. The summed E-state index contributed by atoms with van der Waals surface area (Å²) in [6.07, 6.45) is 8.22. The first-order valence-electron chi connectivity index (χ1n) is 11.2. The maximum absolute atomic E-state index is 13.1. The van der Waals surface area contributed by atoms with Gasteiger partial charge in [0, 0.05) is 42.2 Å². The highest BCUT2D eigenvalue weighted by Gasteiger charge is 2.29. The molecule has 0 unspecified atom stereocenters. The second-order valence-electron chi connectivity index (χ2n) is 8.97. The van der Waals surface area contributed by atoms with Crippen LogP contribution >= 0.6 is 0 Å². The van der Waals surface area contributed by atoms with E-state index in [-0.39, 0.29) is 23.2 Å². The summed E-state index contributed by atoms with van der Waals surface area (Å²) in [4.78, 5) is 21.9. The topological polar surface area (TPSA) is 143 Å². The van der Waals surface area contributed by atoms with Crippen LogP contribution in [0, 0.1) is 11.3 Å². The number of nitrogens with one attached hydrogen (secondary N) is 2. The molecule has 1 aliphatic rings. The molecule has 2 N–H and O–H groups in total. The van der Waals surface area contributed by atoms with Crippen LogP contribution in [0.15, 0.2) is 30.7 Å². The van der Waals surface area contributed by atoms with Crippen molar-refractivity contribution < 1.29 is 13.2 Å². The van der Waals surface area contributed by atoms with Crippen LogP contribution in [0.4, 0.5) is 5.69 Å². The van der Waals surface area contributed by atoms with E-state index in [1.54, 1.807) is 23.0 Å². The van der Waals surface area contributed by atoms with Gasteiger partial charge in [0.05, 0.1) is 28.3 Å². The minimum absolute atomic E-state index is 0.0673. The van der Waals surface area contributed by atoms with Crippen LogP contribution in [-0.4, -0.2) is 57.7 Å². The van der Waals surface area contributed by atoms with Gasteiger partial charge in [0.1, 0.15) is 15.9 Å². The molecule has 0 spiro atoms. The van der Waals surface area contributed by atoms with Crippen molar-refractivity contribution in [3.63, 3.8) is 0 Å². The first kappa shape index (κ1) is 23.6. The van der Waals surface area contributed by atoms with Gasteiger partial charge in [0.2, 0.25) is 0 Å². The summed E-state index contributed by atoms with van der Waals surface area (Å²) in [6.45, 7) is 3.95. The Morgan fingerprint density at radius 1 is 1.15 bits per heavy atom. The molecule has 0 bridgehead atoms.